The fraction of sp³-hybridized carbons (Fsp3) is 0.455. The Morgan fingerprint density at radius 1 is 1.44 bits per heavy atom. The Morgan fingerprint density at radius 3 is 3.12 bits per heavy atom. The number of fused-ring (bicyclic) bond motifs is 1. The molecule has 1 fully saturated rings. The van der Waals surface area contributed by atoms with Crippen molar-refractivity contribution in [3.8, 4) is 0 Å². The second-order valence-corrected chi connectivity index (χ2v) is 4.82. The van der Waals surface area contributed by atoms with Crippen molar-refractivity contribution in [1.82, 2.24) is 14.6 Å². The van der Waals surface area contributed by atoms with Gasteiger partial charge in [0.1, 0.15) is 4.60 Å². The Bertz CT molecular complexity index is 505. The van der Waals surface area contributed by atoms with Crippen molar-refractivity contribution in [2.24, 2.45) is 0 Å². The molecule has 1 aliphatic heterocycles. The molecule has 2 aromatic heterocycles. The Balaban J connectivity index is 2.01. The first-order valence-corrected chi connectivity index (χ1v) is 6.23. The van der Waals surface area contributed by atoms with Gasteiger partial charge in [0.2, 0.25) is 0 Å². The Kier molecular flexibility index (Phi) is 2.65. The molecule has 2 aromatic rings. The van der Waals surface area contributed by atoms with Gasteiger partial charge in [0.25, 0.3) is 0 Å². The van der Waals surface area contributed by atoms with Crippen LogP contribution in [0.1, 0.15) is 24.6 Å². The van der Waals surface area contributed by atoms with Gasteiger partial charge < -0.3 is 4.74 Å². The molecule has 0 radical (unpaired) electrons. The van der Waals surface area contributed by atoms with Crippen LogP contribution in [-0.4, -0.2) is 27.8 Å². The third-order valence-corrected chi connectivity index (χ3v) is 3.46. The number of rotatable bonds is 1. The second kappa shape index (κ2) is 4.14. The zero-order valence-electron chi connectivity index (χ0n) is 8.77. The Labute approximate surface area is 102 Å². The maximum atomic E-state index is 5.46. The van der Waals surface area contributed by atoms with E-state index in [0.29, 0.717) is 5.92 Å². The molecule has 16 heavy (non-hydrogen) atoms. The molecule has 1 aliphatic rings. The van der Waals surface area contributed by atoms with Gasteiger partial charge in [-0.2, -0.15) is 0 Å². The highest BCUT2D eigenvalue weighted by Gasteiger charge is 2.20. The maximum Gasteiger partial charge on any atom is 0.157 e. The van der Waals surface area contributed by atoms with Crippen LogP contribution in [0.4, 0.5) is 0 Å². The number of aromatic nitrogens is 3. The highest BCUT2D eigenvalue weighted by Crippen LogP contribution is 2.24. The van der Waals surface area contributed by atoms with Gasteiger partial charge in [-0.05, 0) is 40.9 Å². The third kappa shape index (κ3) is 1.74. The topological polar surface area (TPSA) is 39.4 Å². The molecule has 84 valence electrons. The first kappa shape index (κ1) is 10.2. The summed E-state index contributed by atoms with van der Waals surface area (Å²) in [5.74, 6) is 1.24. The number of ether oxygens (including phenoxy) is 1. The van der Waals surface area contributed by atoms with Crippen molar-refractivity contribution in [3.05, 3.63) is 28.6 Å². The minimum atomic E-state index is 0.348. The number of halogens is 1. The zero-order chi connectivity index (χ0) is 11.0. The summed E-state index contributed by atoms with van der Waals surface area (Å²) in [5, 5.41) is 4.51. The molecule has 0 aliphatic carbocycles. The molecule has 3 rings (SSSR count). The van der Waals surface area contributed by atoms with Gasteiger partial charge in [-0.25, -0.2) is 9.50 Å². The lowest BCUT2D eigenvalue weighted by atomic mass is 10.0. The van der Waals surface area contributed by atoms with E-state index in [1.807, 2.05) is 22.7 Å². The quantitative estimate of drug-likeness (QED) is 0.754. The van der Waals surface area contributed by atoms with E-state index in [0.717, 1.165) is 42.1 Å². The minimum Gasteiger partial charge on any atom is -0.381 e. The second-order valence-electron chi connectivity index (χ2n) is 4.00. The normalized spacial score (nSPS) is 21.4. The van der Waals surface area contributed by atoms with Crippen LogP contribution in [0.25, 0.3) is 5.65 Å². The predicted octanol–water partition coefficient (Wildman–Crippen LogP) is 2.39. The van der Waals surface area contributed by atoms with Crippen LogP contribution in [0.15, 0.2) is 22.8 Å². The van der Waals surface area contributed by atoms with E-state index >= 15 is 0 Å². The van der Waals surface area contributed by atoms with Gasteiger partial charge in [0.05, 0.1) is 6.61 Å². The first-order valence-electron chi connectivity index (χ1n) is 5.43. The minimum absolute atomic E-state index is 0.348. The molecule has 0 spiro atoms. The van der Waals surface area contributed by atoms with Crippen molar-refractivity contribution in [1.29, 1.82) is 0 Å². The van der Waals surface area contributed by atoms with Gasteiger partial charge in [-0.3, -0.25) is 0 Å². The van der Waals surface area contributed by atoms with Crippen molar-refractivity contribution in [2.45, 2.75) is 18.8 Å². The van der Waals surface area contributed by atoms with E-state index in [4.69, 9.17) is 4.74 Å². The molecular weight excluding hydrogens is 270 g/mol. The standard InChI is InChI=1S/C11H12BrN3O/c12-9-4-1-5-10-13-11(14-15(9)10)8-3-2-6-16-7-8/h1,4-5,8H,2-3,6-7H2. The van der Waals surface area contributed by atoms with Crippen LogP contribution in [0, 0.1) is 0 Å². The molecule has 0 aromatic carbocycles. The van der Waals surface area contributed by atoms with Crippen LogP contribution >= 0.6 is 15.9 Å². The van der Waals surface area contributed by atoms with Crippen molar-refractivity contribution < 1.29 is 4.74 Å². The number of pyridine rings is 1. The summed E-state index contributed by atoms with van der Waals surface area (Å²) in [6.45, 7) is 1.61. The predicted molar refractivity (Wildman–Crippen MR) is 63.5 cm³/mol. The summed E-state index contributed by atoms with van der Waals surface area (Å²) in [4.78, 5) is 4.54. The average molecular weight is 282 g/mol. The smallest absolute Gasteiger partial charge is 0.157 e. The van der Waals surface area contributed by atoms with Crippen molar-refractivity contribution >= 4 is 21.6 Å². The van der Waals surface area contributed by atoms with Crippen LogP contribution < -0.4 is 0 Å². The lowest BCUT2D eigenvalue weighted by Crippen LogP contribution is -2.16. The maximum absolute atomic E-state index is 5.46. The molecule has 4 nitrogen and oxygen atoms in total. The SMILES string of the molecule is Brc1cccc2nc(C3CCCOC3)nn12. The van der Waals surface area contributed by atoms with Crippen molar-refractivity contribution in [2.75, 3.05) is 13.2 Å². The van der Waals surface area contributed by atoms with Gasteiger partial charge in [-0.1, -0.05) is 6.07 Å². The van der Waals surface area contributed by atoms with Gasteiger partial charge in [0.15, 0.2) is 11.5 Å². The zero-order valence-corrected chi connectivity index (χ0v) is 10.4. The number of nitrogens with zero attached hydrogens (tertiary/aromatic N) is 3. The molecule has 1 unspecified atom stereocenters. The van der Waals surface area contributed by atoms with E-state index in [1.54, 1.807) is 0 Å². The third-order valence-electron chi connectivity index (χ3n) is 2.86. The van der Waals surface area contributed by atoms with Gasteiger partial charge >= 0.3 is 0 Å². The van der Waals surface area contributed by atoms with E-state index < -0.39 is 0 Å². The van der Waals surface area contributed by atoms with E-state index in [2.05, 4.69) is 26.0 Å². The highest BCUT2D eigenvalue weighted by atomic mass is 79.9. The van der Waals surface area contributed by atoms with E-state index in [1.165, 1.54) is 0 Å². The summed E-state index contributed by atoms with van der Waals surface area (Å²) in [7, 11) is 0. The molecule has 0 N–H and O–H groups in total. The van der Waals surface area contributed by atoms with Gasteiger partial charge in [-0.15, -0.1) is 5.10 Å². The first-order chi connectivity index (χ1) is 7.84. The number of hydrogen-bond acceptors (Lipinski definition) is 3. The molecule has 1 atom stereocenters. The molecule has 0 saturated carbocycles. The molecule has 0 bridgehead atoms. The Hall–Kier alpha value is -0.940. The highest BCUT2D eigenvalue weighted by molar-refractivity contribution is 9.10. The van der Waals surface area contributed by atoms with Crippen LogP contribution in [0.5, 0.6) is 0 Å². The lowest BCUT2D eigenvalue weighted by molar-refractivity contribution is 0.0781. The van der Waals surface area contributed by atoms with Gasteiger partial charge in [0, 0.05) is 12.5 Å². The molecule has 0 amide bonds. The molecule has 5 heteroatoms. The molecule has 3 heterocycles. The molecular formula is C11H12BrN3O. The average Bonchev–Trinajstić information content (AvgIpc) is 2.76. The van der Waals surface area contributed by atoms with Crippen LogP contribution in [0.3, 0.4) is 0 Å². The fourth-order valence-corrected chi connectivity index (χ4v) is 2.42. The summed E-state index contributed by atoms with van der Waals surface area (Å²) in [5.41, 5.74) is 0.884. The monoisotopic (exact) mass is 281 g/mol. The van der Waals surface area contributed by atoms with E-state index in [-0.39, 0.29) is 0 Å². The number of hydrogen-bond donors (Lipinski definition) is 0. The largest absolute Gasteiger partial charge is 0.381 e. The van der Waals surface area contributed by atoms with Crippen LogP contribution in [0.2, 0.25) is 0 Å². The summed E-state index contributed by atoms with van der Waals surface area (Å²) in [6.07, 6.45) is 2.22. The summed E-state index contributed by atoms with van der Waals surface area (Å²) < 4.78 is 8.22. The fourth-order valence-electron chi connectivity index (χ4n) is 2.01. The van der Waals surface area contributed by atoms with Crippen LogP contribution in [-0.2, 0) is 4.74 Å². The summed E-state index contributed by atoms with van der Waals surface area (Å²) >= 11 is 3.46. The van der Waals surface area contributed by atoms with Crippen molar-refractivity contribution in [3.63, 3.8) is 0 Å². The lowest BCUT2D eigenvalue weighted by Gasteiger charge is -2.18. The van der Waals surface area contributed by atoms with E-state index in [9.17, 15) is 0 Å². The molecule has 1 saturated heterocycles. The Morgan fingerprint density at radius 2 is 2.38 bits per heavy atom. The summed E-state index contributed by atoms with van der Waals surface area (Å²) in [6, 6.07) is 5.89.